The summed E-state index contributed by atoms with van der Waals surface area (Å²) in [6, 6.07) is 8.83. The van der Waals surface area contributed by atoms with Gasteiger partial charge in [-0.25, -0.2) is 0 Å². The number of rotatable bonds is 3. The molecule has 0 heterocycles. The van der Waals surface area contributed by atoms with E-state index < -0.39 is 0 Å². The fourth-order valence-corrected chi connectivity index (χ4v) is 2.54. The number of carbonyl (C=O) groups is 1. The lowest BCUT2D eigenvalue weighted by Crippen LogP contribution is -2.35. The zero-order valence-electron chi connectivity index (χ0n) is 9.65. The summed E-state index contributed by atoms with van der Waals surface area (Å²) < 4.78 is 0. The molecule has 16 heavy (non-hydrogen) atoms. The lowest BCUT2D eigenvalue weighted by atomic mass is 9.87. The number of benzene rings is 1. The molecular weight excluding hydrogens is 200 g/mol. The highest BCUT2D eigenvalue weighted by Gasteiger charge is 2.23. The number of hydrogen-bond acceptors (Lipinski definition) is 2. The zero-order chi connectivity index (χ0) is 11.5. The van der Waals surface area contributed by atoms with E-state index in [1.165, 1.54) is 17.5 Å². The summed E-state index contributed by atoms with van der Waals surface area (Å²) in [4.78, 5) is 13.0. The lowest BCUT2D eigenvalue weighted by molar-refractivity contribution is -0.119. The maximum absolute atomic E-state index is 10.9. The molecule has 0 radical (unpaired) electrons. The molecule has 3 nitrogen and oxygen atoms in total. The number of nitrogens with zero attached hydrogens (tertiary/aromatic N) is 1. The first-order valence-electron chi connectivity index (χ1n) is 5.75. The number of carbonyl (C=O) groups excluding carboxylic acids is 1. The molecule has 0 spiro atoms. The summed E-state index contributed by atoms with van der Waals surface area (Å²) >= 11 is 0. The Morgan fingerprint density at radius 3 is 3.00 bits per heavy atom. The maximum atomic E-state index is 10.9. The Hall–Kier alpha value is -1.35. The van der Waals surface area contributed by atoms with Crippen LogP contribution < -0.4 is 5.73 Å². The molecule has 0 unspecified atom stereocenters. The smallest absolute Gasteiger partial charge is 0.231 e. The van der Waals surface area contributed by atoms with Crippen molar-refractivity contribution in [3.05, 3.63) is 35.4 Å². The average Bonchev–Trinajstić information content (AvgIpc) is 2.27. The number of hydrogen-bond donors (Lipinski definition) is 1. The van der Waals surface area contributed by atoms with Gasteiger partial charge in [0.2, 0.25) is 5.91 Å². The molecule has 2 rings (SSSR count). The van der Waals surface area contributed by atoms with Crippen molar-refractivity contribution in [2.75, 3.05) is 13.6 Å². The number of fused-ring (bicyclic) bond motifs is 1. The molecule has 1 aliphatic rings. The van der Waals surface area contributed by atoms with Gasteiger partial charge in [0.1, 0.15) is 0 Å². The fraction of sp³-hybridized carbons (Fsp3) is 0.462. The zero-order valence-corrected chi connectivity index (χ0v) is 9.65. The predicted molar refractivity (Wildman–Crippen MR) is 63.9 cm³/mol. The van der Waals surface area contributed by atoms with E-state index in [1.807, 2.05) is 7.05 Å². The first-order chi connectivity index (χ1) is 7.68. The third-order valence-corrected chi connectivity index (χ3v) is 3.28. The van der Waals surface area contributed by atoms with Crippen LogP contribution in [-0.4, -0.2) is 24.4 Å². The number of amides is 1. The first-order valence-corrected chi connectivity index (χ1v) is 5.75. The maximum Gasteiger partial charge on any atom is 0.231 e. The number of aryl methyl sites for hydroxylation is 1. The van der Waals surface area contributed by atoms with Gasteiger partial charge in [-0.05, 0) is 37.4 Å². The van der Waals surface area contributed by atoms with Crippen molar-refractivity contribution in [2.24, 2.45) is 5.73 Å². The van der Waals surface area contributed by atoms with E-state index in [9.17, 15) is 4.79 Å². The third-order valence-electron chi connectivity index (χ3n) is 3.28. The van der Waals surface area contributed by atoms with Gasteiger partial charge in [0, 0.05) is 6.04 Å². The van der Waals surface area contributed by atoms with E-state index in [1.54, 1.807) is 0 Å². The van der Waals surface area contributed by atoms with Gasteiger partial charge in [-0.2, -0.15) is 0 Å². The Balaban J connectivity index is 2.21. The summed E-state index contributed by atoms with van der Waals surface area (Å²) in [6.45, 7) is 0.332. The number of nitrogens with two attached hydrogens (primary N) is 1. The molecule has 0 saturated heterocycles. The molecule has 1 amide bonds. The highest BCUT2D eigenvalue weighted by atomic mass is 16.1. The van der Waals surface area contributed by atoms with Gasteiger partial charge in [0.15, 0.2) is 0 Å². The van der Waals surface area contributed by atoms with Crippen LogP contribution in [0.5, 0.6) is 0 Å². The van der Waals surface area contributed by atoms with Crippen LogP contribution in [-0.2, 0) is 11.2 Å². The van der Waals surface area contributed by atoms with Gasteiger partial charge < -0.3 is 5.73 Å². The molecule has 1 atom stereocenters. The minimum absolute atomic E-state index is 0.259. The monoisotopic (exact) mass is 218 g/mol. The van der Waals surface area contributed by atoms with Crippen LogP contribution in [0.1, 0.15) is 30.0 Å². The third kappa shape index (κ3) is 2.25. The van der Waals surface area contributed by atoms with E-state index in [-0.39, 0.29) is 5.91 Å². The van der Waals surface area contributed by atoms with E-state index in [0.29, 0.717) is 12.6 Å². The van der Waals surface area contributed by atoms with Gasteiger partial charge >= 0.3 is 0 Å². The topological polar surface area (TPSA) is 46.3 Å². The van der Waals surface area contributed by atoms with E-state index in [2.05, 4.69) is 29.2 Å². The SMILES string of the molecule is CN(CC(N)=O)[C@H]1CCCc2ccccc21. The second-order valence-corrected chi connectivity index (χ2v) is 4.49. The Bertz CT molecular complexity index is 389. The molecule has 2 N–H and O–H groups in total. The normalized spacial score (nSPS) is 19.5. The van der Waals surface area contributed by atoms with Crippen LogP contribution in [0.15, 0.2) is 24.3 Å². The highest BCUT2D eigenvalue weighted by Crippen LogP contribution is 2.32. The van der Waals surface area contributed by atoms with E-state index >= 15 is 0 Å². The van der Waals surface area contributed by atoms with Crippen molar-refractivity contribution < 1.29 is 4.79 Å². The molecule has 1 aromatic rings. The Kier molecular flexibility index (Phi) is 3.25. The minimum Gasteiger partial charge on any atom is -0.369 e. The van der Waals surface area contributed by atoms with Crippen molar-refractivity contribution in [1.29, 1.82) is 0 Å². The van der Waals surface area contributed by atoms with Crippen LogP contribution in [0, 0.1) is 0 Å². The van der Waals surface area contributed by atoms with Gasteiger partial charge in [0.25, 0.3) is 0 Å². The van der Waals surface area contributed by atoms with Crippen LogP contribution in [0.25, 0.3) is 0 Å². The largest absolute Gasteiger partial charge is 0.369 e. The lowest BCUT2D eigenvalue weighted by Gasteiger charge is -2.32. The Morgan fingerprint density at radius 1 is 1.50 bits per heavy atom. The predicted octanol–water partition coefficient (Wildman–Crippen LogP) is 1.48. The molecule has 0 saturated carbocycles. The van der Waals surface area contributed by atoms with Crippen molar-refractivity contribution in [3.8, 4) is 0 Å². The van der Waals surface area contributed by atoms with E-state index in [0.717, 1.165) is 12.8 Å². The summed E-state index contributed by atoms with van der Waals surface area (Å²) in [6.07, 6.45) is 3.45. The molecule has 1 aromatic carbocycles. The average molecular weight is 218 g/mol. The number of likely N-dealkylation sites (N-methyl/N-ethyl adjacent to an activating group) is 1. The molecular formula is C13H18N2O. The molecule has 3 heteroatoms. The van der Waals surface area contributed by atoms with Crippen LogP contribution in [0.3, 0.4) is 0 Å². The van der Waals surface area contributed by atoms with Crippen molar-refractivity contribution in [1.82, 2.24) is 4.90 Å². The van der Waals surface area contributed by atoms with Crippen molar-refractivity contribution in [3.63, 3.8) is 0 Å². The second kappa shape index (κ2) is 4.66. The molecule has 86 valence electrons. The Labute approximate surface area is 96.2 Å². The highest BCUT2D eigenvalue weighted by molar-refractivity contribution is 5.75. The van der Waals surface area contributed by atoms with Crippen molar-refractivity contribution in [2.45, 2.75) is 25.3 Å². The molecule has 0 bridgehead atoms. The van der Waals surface area contributed by atoms with Gasteiger partial charge in [-0.3, -0.25) is 9.69 Å². The van der Waals surface area contributed by atoms with Crippen LogP contribution in [0.2, 0.25) is 0 Å². The van der Waals surface area contributed by atoms with Crippen molar-refractivity contribution >= 4 is 5.91 Å². The molecule has 0 aliphatic heterocycles. The minimum atomic E-state index is -0.259. The molecule has 1 aliphatic carbocycles. The number of primary amides is 1. The summed E-state index contributed by atoms with van der Waals surface area (Å²) in [5.74, 6) is -0.259. The summed E-state index contributed by atoms with van der Waals surface area (Å²) in [5, 5.41) is 0. The second-order valence-electron chi connectivity index (χ2n) is 4.49. The summed E-state index contributed by atoms with van der Waals surface area (Å²) in [7, 11) is 1.97. The van der Waals surface area contributed by atoms with Crippen LogP contribution >= 0.6 is 0 Å². The van der Waals surface area contributed by atoms with Gasteiger partial charge in [-0.15, -0.1) is 0 Å². The van der Waals surface area contributed by atoms with Gasteiger partial charge in [0.05, 0.1) is 6.54 Å². The molecule has 0 aromatic heterocycles. The van der Waals surface area contributed by atoms with Gasteiger partial charge in [-0.1, -0.05) is 24.3 Å². The first kappa shape index (κ1) is 11.1. The fourth-order valence-electron chi connectivity index (χ4n) is 2.54. The molecule has 0 fully saturated rings. The quantitative estimate of drug-likeness (QED) is 0.835. The Morgan fingerprint density at radius 2 is 2.25 bits per heavy atom. The van der Waals surface area contributed by atoms with E-state index in [4.69, 9.17) is 5.73 Å². The standard InChI is InChI=1S/C13H18N2O/c1-15(9-13(14)16)12-8-4-6-10-5-2-3-7-11(10)12/h2-3,5,7,12H,4,6,8-9H2,1H3,(H2,14,16)/t12-/m0/s1. The van der Waals surface area contributed by atoms with Crippen LogP contribution in [0.4, 0.5) is 0 Å². The summed E-state index contributed by atoms with van der Waals surface area (Å²) in [5.41, 5.74) is 8.01.